The molecule has 0 saturated carbocycles. The van der Waals surface area contributed by atoms with Crippen molar-refractivity contribution in [3.63, 3.8) is 0 Å². The third kappa shape index (κ3) is 4.06. The maximum Gasteiger partial charge on any atom is 0.328 e. The predicted octanol–water partition coefficient (Wildman–Crippen LogP) is 3.52. The summed E-state index contributed by atoms with van der Waals surface area (Å²) in [5.74, 6) is -0.936. The van der Waals surface area contributed by atoms with Crippen LogP contribution in [0, 0.1) is 0 Å². The molecule has 2 aromatic heterocycles. The van der Waals surface area contributed by atoms with Crippen LogP contribution in [0.25, 0.3) is 16.6 Å². The first-order chi connectivity index (χ1) is 14.5. The molecule has 7 nitrogen and oxygen atoms in total. The van der Waals surface area contributed by atoms with E-state index in [1.54, 1.807) is 29.1 Å². The zero-order chi connectivity index (χ0) is 21.1. The number of halogens is 1. The van der Waals surface area contributed by atoms with E-state index in [2.05, 4.69) is 15.4 Å². The molecule has 0 aliphatic rings. The number of benzene rings is 2. The van der Waals surface area contributed by atoms with Crippen LogP contribution in [0.15, 0.2) is 67.1 Å². The summed E-state index contributed by atoms with van der Waals surface area (Å²) in [6.45, 7) is 0. The van der Waals surface area contributed by atoms with E-state index in [1.165, 1.54) is 13.3 Å². The number of ether oxygens (including phenoxy) is 1. The fourth-order valence-corrected chi connectivity index (χ4v) is 3.48. The number of para-hydroxylation sites is 1. The highest BCUT2D eigenvalue weighted by Crippen LogP contribution is 2.20. The lowest BCUT2D eigenvalue weighted by Gasteiger charge is -2.15. The minimum absolute atomic E-state index is 0.296. The molecule has 0 aliphatic heterocycles. The van der Waals surface area contributed by atoms with E-state index < -0.39 is 17.9 Å². The topological polar surface area (TPSA) is 89.0 Å². The molecule has 4 rings (SSSR count). The highest BCUT2D eigenvalue weighted by atomic mass is 35.5. The second kappa shape index (κ2) is 8.42. The first-order valence-electron chi connectivity index (χ1n) is 9.29. The quantitative estimate of drug-likeness (QED) is 0.465. The number of hydrogen-bond acceptors (Lipinski definition) is 4. The van der Waals surface area contributed by atoms with Gasteiger partial charge in [-0.2, -0.15) is 5.10 Å². The minimum atomic E-state index is -0.837. The molecule has 2 N–H and O–H groups in total. The summed E-state index contributed by atoms with van der Waals surface area (Å²) in [4.78, 5) is 28.3. The molecule has 0 radical (unpaired) electrons. The third-order valence-electron chi connectivity index (χ3n) is 4.81. The number of carbonyl (C=O) groups is 2. The van der Waals surface area contributed by atoms with Crippen molar-refractivity contribution in [1.82, 2.24) is 20.1 Å². The van der Waals surface area contributed by atoms with Crippen LogP contribution in [0.5, 0.6) is 0 Å². The van der Waals surface area contributed by atoms with Crippen molar-refractivity contribution < 1.29 is 14.3 Å². The van der Waals surface area contributed by atoms with Crippen LogP contribution in [0.1, 0.15) is 15.9 Å². The number of carbonyl (C=O) groups excluding carboxylic acids is 2. The van der Waals surface area contributed by atoms with Crippen LogP contribution in [-0.2, 0) is 16.0 Å². The summed E-state index contributed by atoms with van der Waals surface area (Å²) in [6, 6.07) is 14.1. The minimum Gasteiger partial charge on any atom is -0.467 e. The number of rotatable bonds is 6. The van der Waals surface area contributed by atoms with Gasteiger partial charge in [0.15, 0.2) is 0 Å². The van der Waals surface area contributed by atoms with Crippen molar-refractivity contribution in [2.24, 2.45) is 0 Å². The first kappa shape index (κ1) is 19.7. The maximum absolute atomic E-state index is 12.8. The van der Waals surface area contributed by atoms with Crippen LogP contribution >= 0.6 is 11.6 Å². The molecule has 1 amide bonds. The van der Waals surface area contributed by atoms with Gasteiger partial charge < -0.3 is 15.0 Å². The molecule has 0 bridgehead atoms. The van der Waals surface area contributed by atoms with Crippen molar-refractivity contribution in [2.75, 3.05) is 7.11 Å². The van der Waals surface area contributed by atoms with Gasteiger partial charge in [-0.3, -0.25) is 4.79 Å². The Morgan fingerprint density at radius 3 is 2.87 bits per heavy atom. The number of H-pyrrole nitrogens is 1. The molecule has 4 aromatic rings. The normalized spacial score (nSPS) is 11.9. The number of aromatic amines is 1. The SMILES string of the molecule is COC(=O)[C@@H](Cc1c[nH]c2ccccc12)NC(=O)c1cnn(-c2cccc(Cl)c2)c1. The van der Waals surface area contributed by atoms with Crippen molar-refractivity contribution in [1.29, 1.82) is 0 Å². The Morgan fingerprint density at radius 1 is 1.23 bits per heavy atom. The Kier molecular flexibility index (Phi) is 5.54. The van der Waals surface area contributed by atoms with Gasteiger partial charge in [0.2, 0.25) is 0 Å². The molecular formula is C22H19ClN4O3. The highest BCUT2D eigenvalue weighted by molar-refractivity contribution is 6.30. The van der Waals surface area contributed by atoms with Gasteiger partial charge in [0.25, 0.3) is 5.91 Å². The number of hydrogen-bond donors (Lipinski definition) is 2. The second-order valence-corrected chi connectivity index (χ2v) is 7.20. The lowest BCUT2D eigenvalue weighted by molar-refractivity contribution is -0.142. The van der Waals surface area contributed by atoms with E-state index in [4.69, 9.17) is 16.3 Å². The number of aromatic nitrogens is 3. The molecule has 0 aliphatic carbocycles. The number of nitrogens with zero attached hydrogens (tertiary/aromatic N) is 2. The van der Waals surface area contributed by atoms with Gasteiger partial charge in [-0.25, -0.2) is 9.48 Å². The van der Waals surface area contributed by atoms with E-state index in [-0.39, 0.29) is 0 Å². The first-order valence-corrected chi connectivity index (χ1v) is 9.67. The molecule has 2 aromatic carbocycles. The zero-order valence-corrected chi connectivity index (χ0v) is 16.9. The van der Waals surface area contributed by atoms with Crippen LogP contribution in [-0.4, -0.2) is 39.8 Å². The molecule has 8 heteroatoms. The van der Waals surface area contributed by atoms with Crippen molar-refractivity contribution in [3.05, 3.63) is 83.3 Å². The summed E-state index contributed by atoms with van der Waals surface area (Å²) in [7, 11) is 1.30. The lowest BCUT2D eigenvalue weighted by Crippen LogP contribution is -2.43. The van der Waals surface area contributed by atoms with Gasteiger partial charge in [0, 0.05) is 34.7 Å². The van der Waals surface area contributed by atoms with E-state index in [9.17, 15) is 9.59 Å². The molecular weight excluding hydrogens is 404 g/mol. The number of fused-ring (bicyclic) bond motifs is 1. The Balaban J connectivity index is 1.53. The van der Waals surface area contributed by atoms with Crippen LogP contribution in [0.4, 0.5) is 0 Å². The van der Waals surface area contributed by atoms with E-state index in [1.807, 2.05) is 36.5 Å². The van der Waals surface area contributed by atoms with Gasteiger partial charge in [0.05, 0.1) is 24.6 Å². The molecule has 0 unspecified atom stereocenters. The summed E-state index contributed by atoms with van der Waals surface area (Å²) >= 11 is 6.02. The van der Waals surface area contributed by atoms with E-state index in [0.717, 1.165) is 22.2 Å². The second-order valence-electron chi connectivity index (χ2n) is 6.77. The Hall–Kier alpha value is -3.58. The van der Waals surface area contributed by atoms with Gasteiger partial charge >= 0.3 is 5.97 Å². The number of esters is 1. The zero-order valence-electron chi connectivity index (χ0n) is 16.1. The standard InChI is InChI=1S/C22H19ClN4O3/c1-30-22(29)20(9-14-11-24-19-8-3-2-7-18(14)19)26-21(28)15-12-25-27(13-15)17-6-4-5-16(23)10-17/h2-8,10-13,20,24H,9H2,1H3,(H,26,28)/t20-/m1/s1. The molecule has 0 saturated heterocycles. The Morgan fingerprint density at radius 2 is 2.07 bits per heavy atom. The smallest absolute Gasteiger partial charge is 0.328 e. The summed E-state index contributed by atoms with van der Waals surface area (Å²) < 4.78 is 6.45. The number of nitrogens with one attached hydrogen (secondary N) is 2. The fraction of sp³-hybridized carbons (Fsp3) is 0.136. The highest BCUT2D eigenvalue weighted by Gasteiger charge is 2.24. The monoisotopic (exact) mass is 422 g/mol. The third-order valence-corrected chi connectivity index (χ3v) is 5.04. The van der Waals surface area contributed by atoms with Gasteiger partial charge in [0.1, 0.15) is 6.04 Å². The van der Waals surface area contributed by atoms with Crippen molar-refractivity contribution in [3.8, 4) is 5.69 Å². The molecule has 30 heavy (non-hydrogen) atoms. The predicted molar refractivity (Wildman–Crippen MR) is 114 cm³/mol. The van der Waals surface area contributed by atoms with Crippen LogP contribution in [0.3, 0.4) is 0 Å². The molecule has 0 fully saturated rings. The van der Waals surface area contributed by atoms with Gasteiger partial charge in [-0.1, -0.05) is 35.9 Å². The largest absolute Gasteiger partial charge is 0.467 e. The fourth-order valence-electron chi connectivity index (χ4n) is 3.30. The number of methoxy groups -OCH3 is 1. The van der Waals surface area contributed by atoms with Crippen LogP contribution < -0.4 is 5.32 Å². The molecule has 0 spiro atoms. The van der Waals surface area contributed by atoms with Gasteiger partial charge in [-0.15, -0.1) is 0 Å². The molecule has 152 valence electrons. The number of amides is 1. The average Bonchev–Trinajstić information content (AvgIpc) is 3.40. The summed E-state index contributed by atoms with van der Waals surface area (Å²) in [5.41, 5.74) is 2.92. The van der Waals surface area contributed by atoms with Gasteiger partial charge in [-0.05, 0) is 29.8 Å². The lowest BCUT2D eigenvalue weighted by atomic mass is 10.0. The summed E-state index contributed by atoms with van der Waals surface area (Å²) in [5, 5.41) is 8.53. The van der Waals surface area contributed by atoms with Crippen molar-refractivity contribution >= 4 is 34.4 Å². The maximum atomic E-state index is 12.8. The molecule has 2 heterocycles. The van der Waals surface area contributed by atoms with E-state index >= 15 is 0 Å². The average molecular weight is 423 g/mol. The van der Waals surface area contributed by atoms with E-state index in [0.29, 0.717) is 17.0 Å². The van der Waals surface area contributed by atoms with Crippen LogP contribution in [0.2, 0.25) is 5.02 Å². The van der Waals surface area contributed by atoms with Crippen molar-refractivity contribution in [2.45, 2.75) is 12.5 Å². The molecule has 1 atom stereocenters. The Labute approximate surface area is 177 Å². The summed E-state index contributed by atoms with van der Waals surface area (Å²) in [6.07, 6.45) is 5.16. The Bertz CT molecular complexity index is 1210.